The molecule has 0 saturated heterocycles. The molecule has 4 aromatic rings. The predicted molar refractivity (Wildman–Crippen MR) is 140 cm³/mol. The first kappa shape index (κ1) is 25.6. The molecule has 0 aliphatic carbocycles. The molecule has 8 nitrogen and oxygen atoms in total. The molecule has 0 unspecified atom stereocenters. The molecular weight excluding hydrogens is 522 g/mol. The molecule has 0 bridgehead atoms. The minimum atomic E-state index is -3.77. The van der Waals surface area contributed by atoms with Gasteiger partial charge >= 0.3 is 5.97 Å². The number of hydrogen-bond acceptors (Lipinski definition) is 6. The van der Waals surface area contributed by atoms with Crippen LogP contribution in [0.15, 0.2) is 76.6 Å². The molecule has 0 fully saturated rings. The molecule has 0 aliphatic heterocycles. The summed E-state index contributed by atoms with van der Waals surface area (Å²) in [6, 6.07) is 17.6. The van der Waals surface area contributed by atoms with Gasteiger partial charge in [-0.05, 0) is 68.4 Å². The number of sulfonamides is 1. The van der Waals surface area contributed by atoms with Crippen molar-refractivity contribution >= 4 is 60.7 Å². The van der Waals surface area contributed by atoms with Gasteiger partial charge in [0.1, 0.15) is 6.54 Å². The van der Waals surface area contributed by atoms with E-state index in [9.17, 15) is 18.0 Å². The summed E-state index contributed by atoms with van der Waals surface area (Å²) < 4.78 is 35.1. The summed E-state index contributed by atoms with van der Waals surface area (Å²) in [6.45, 7) is 3.71. The van der Waals surface area contributed by atoms with Crippen LogP contribution in [0.5, 0.6) is 0 Å². The zero-order valence-electron chi connectivity index (χ0n) is 19.4. The van der Waals surface area contributed by atoms with E-state index in [4.69, 9.17) is 16.3 Å². The van der Waals surface area contributed by atoms with E-state index in [0.717, 1.165) is 10.3 Å². The summed E-state index contributed by atoms with van der Waals surface area (Å²) >= 11 is 7.33. The van der Waals surface area contributed by atoms with Crippen LogP contribution in [-0.4, -0.2) is 31.5 Å². The molecule has 1 aromatic heterocycles. The number of fused-ring (bicyclic) bond motifs is 1. The van der Waals surface area contributed by atoms with Crippen molar-refractivity contribution in [2.45, 2.75) is 25.3 Å². The zero-order chi connectivity index (χ0) is 25.9. The fourth-order valence-electron chi connectivity index (χ4n) is 3.38. The number of thiazole rings is 1. The van der Waals surface area contributed by atoms with Gasteiger partial charge in [-0.15, -0.1) is 0 Å². The molecule has 3 aromatic carbocycles. The summed E-state index contributed by atoms with van der Waals surface area (Å²) in [5.41, 5.74) is 2.21. The summed E-state index contributed by atoms with van der Waals surface area (Å²) in [5.74, 6) is -0.996. The number of esters is 1. The number of ether oxygens (including phenoxy) is 1. The van der Waals surface area contributed by atoms with Gasteiger partial charge in [-0.3, -0.25) is 14.3 Å². The third-order valence-corrected chi connectivity index (χ3v) is 7.82. The van der Waals surface area contributed by atoms with Crippen LogP contribution < -0.4 is 9.52 Å². The standard InChI is InChI=1S/C25H22ClN3O5S2/c1-3-34-23(30)15-29-21-13-8-18(26)14-22(21)35-25(29)27-24(31)17-6-9-19(10-7-17)28-36(32,33)20-11-4-16(2)5-12-20/h4-14,28H,3,15H2,1-2H3. The van der Waals surface area contributed by atoms with Crippen molar-refractivity contribution in [3.8, 4) is 0 Å². The van der Waals surface area contributed by atoms with Gasteiger partial charge in [-0.2, -0.15) is 4.99 Å². The summed E-state index contributed by atoms with van der Waals surface area (Å²) in [7, 11) is -3.77. The first-order valence-corrected chi connectivity index (χ1v) is 13.6. The van der Waals surface area contributed by atoms with Gasteiger partial charge in [0.25, 0.3) is 15.9 Å². The Kier molecular flexibility index (Phi) is 7.58. The van der Waals surface area contributed by atoms with Crippen molar-refractivity contribution in [1.29, 1.82) is 0 Å². The normalized spacial score (nSPS) is 12.0. The van der Waals surface area contributed by atoms with Gasteiger partial charge in [0.05, 0.1) is 21.7 Å². The topological polar surface area (TPSA) is 107 Å². The number of carbonyl (C=O) groups is 2. The monoisotopic (exact) mass is 543 g/mol. The third-order valence-electron chi connectivity index (χ3n) is 5.15. The number of carbonyl (C=O) groups excluding carboxylic acids is 2. The minimum absolute atomic E-state index is 0.110. The highest BCUT2D eigenvalue weighted by Crippen LogP contribution is 2.22. The first-order chi connectivity index (χ1) is 17.2. The molecular formula is C25H22ClN3O5S2. The van der Waals surface area contributed by atoms with Crippen LogP contribution in [0.3, 0.4) is 0 Å². The number of benzene rings is 3. The molecule has 1 amide bonds. The average molecular weight is 544 g/mol. The largest absolute Gasteiger partial charge is 0.465 e. The van der Waals surface area contributed by atoms with Gasteiger partial charge in [-0.25, -0.2) is 8.42 Å². The predicted octanol–water partition coefficient (Wildman–Crippen LogP) is 4.77. The van der Waals surface area contributed by atoms with E-state index in [1.165, 1.54) is 47.7 Å². The number of halogens is 1. The zero-order valence-corrected chi connectivity index (χ0v) is 21.8. The molecule has 0 saturated carbocycles. The number of hydrogen-bond donors (Lipinski definition) is 1. The second-order valence-electron chi connectivity index (χ2n) is 7.80. The lowest BCUT2D eigenvalue weighted by Gasteiger charge is -2.08. The smallest absolute Gasteiger partial charge is 0.326 e. The van der Waals surface area contributed by atoms with E-state index in [-0.39, 0.29) is 23.6 Å². The lowest BCUT2D eigenvalue weighted by atomic mass is 10.2. The third kappa shape index (κ3) is 5.84. The number of anilines is 1. The maximum Gasteiger partial charge on any atom is 0.326 e. The van der Waals surface area contributed by atoms with Gasteiger partial charge in [0.2, 0.25) is 0 Å². The Morgan fingerprint density at radius 3 is 2.42 bits per heavy atom. The molecule has 4 rings (SSSR count). The quantitative estimate of drug-likeness (QED) is 0.338. The second-order valence-corrected chi connectivity index (χ2v) is 10.9. The fourth-order valence-corrected chi connectivity index (χ4v) is 5.75. The summed E-state index contributed by atoms with van der Waals surface area (Å²) in [5, 5.41) is 0.522. The van der Waals surface area contributed by atoms with Crippen LogP contribution in [0, 0.1) is 6.92 Å². The van der Waals surface area contributed by atoms with E-state index in [0.29, 0.717) is 21.0 Å². The van der Waals surface area contributed by atoms with Gasteiger partial charge in [0.15, 0.2) is 4.80 Å². The number of aryl methyl sites for hydroxylation is 1. The number of nitrogens with zero attached hydrogens (tertiary/aromatic N) is 2. The van der Waals surface area contributed by atoms with Gasteiger partial charge in [-0.1, -0.05) is 40.6 Å². The molecule has 0 radical (unpaired) electrons. The van der Waals surface area contributed by atoms with E-state index >= 15 is 0 Å². The Morgan fingerprint density at radius 1 is 1.06 bits per heavy atom. The van der Waals surface area contributed by atoms with Crippen molar-refractivity contribution in [3.63, 3.8) is 0 Å². The minimum Gasteiger partial charge on any atom is -0.465 e. The van der Waals surface area contributed by atoms with Crippen molar-refractivity contribution in [1.82, 2.24) is 4.57 Å². The summed E-state index contributed by atoms with van der Waals surface area (Å²) in [6.07, 6.45) is 0. The van der Waals surface area contributed by atoms with Gasteiger partial charge < -0.3 is 9.30 Å². The van der Waals surface area contributed by atoms with Crippen LogP contribution in [0.1, 0.15) is 22.8 Å². The lowest BCUT2D eigenvalue weighted by molar-refractivity contribution is -0.143. The number of amides is 1. The molecule has 1 N–H and O–H groups in total. The Labute approximate surface area is 216 Å². The van der Waals surface area contributed by atoms with E-state index in [1.54, 1.807) is 41.8 Å². The Morgan fingerprint density at radius 2 is 1.75 bits per heavy atom. The van der Waals surface area contributed by atoms with Crippen molar-refractivity contribution in [2.24, 2.45) is 4.99 Å². The van der Waals surface area contributed by atoms with Crippen molar-refractivity contribution in [3.05, 3.63) is 87.7 Å². The highest BCUT2D eigenvalue weighted by Gasteiger charge is 2.16. The number of rotatable bonds is 7. The first-order valence-electron chi connectivity index (χ1n) is 10.9. The number of aromatic nitrogens is 1. The Hall–Kier alpha value is -3.47. The fraction of sp³-hybridized carbons (Fsp3) is 0.160. The van der Waals surface area contributed by atoms with Crippen LogP contribution >= 0.6 is 22.9 Å². The molecule has 1 heterocycles. The number of nitrogens with one attached hydrogen (secondary N) is 1. The average Bonchev–Trinajstić information content (AvgIpc) is 3.15. The maximum absolute atomic E-state index is 12.9. The van der Waals surface area contributed by atoms with Crippen LogP contribution in [-0.2, 0) is 26.1 Å². The van der Waals surface area contributed by atoms with E-state index < -0.39 is 21.9 Å². The van der Waals surface area contributed by atoms with Crippen LogP contribution in [0.4, 0.5) is 5.69 Å². The van der Waals surface area contributed by atoms with Crippen molar-refractivity contribution < 1.29 is 22.7 Å². The molecule has 0 aliphatic rings. The van der Waals surface area contributed by atoms with Crippen molar-refractivity contribution in [2.75, 3.05) is 11.3 Å². The maximum atomic E-state index is 12.9. The highest BCUT2D eigenvalue weighted by molar-refractivity contribution is 7.92. The molecule has 11 heteroatoms. The van der Waals surface area contributed by atoms with Crippen LogP contribution in [0.25, 0.3) is 10.2 Å². The molecule has 0 spiro atoms. The second kappa shape index (κ2) is 10.7. The molecule has 186 valence electrons. The van der Waals surface area contributed by atoms with Crippen LogP contribution in [0.2, 0.25) is 5.02 Å². The highest BCUT2D eigenvalue weighted by atomic mass is 35.5. The van der Waals surface area contributed by atoms with E-state index in [1.807, 2.05) is 6.92 Å². The summed E-state index contributed by atoms with van der Waals surface area (Å²) in [4.78, 5) is 29.7. The van der Waals surface area contributed by atoms with Gasteiger partial charge in [0, 0.05) is 16.3 Å². The Balaban J connectivity index is 1.61. The Bertz CT molecular complexity index is 1610. The lowest BCUT2D eigenvalue weighted by Crippen LogP contribution is -2.23. The van der Waals surface area contributed by atoms with E-state index in [2.05, 4.69) is 9.71 Å². The SMILES string of the molecule is CCOC(=O)Cn1c(=NC(=O)c2ccc(NS(=O)(=O)c3ccc(C)cc3)cc2)sc2cc(Cl)ccc21. The molecule has 36 heavy (non-hydrogen) atoms. The molecule has 0 atom stereocenters.